The maximum atomic E-state index is 5.78. The highest BCUT2D eigenvalue weighted by Crippen LogP contribution is 2.28. The van der Waals surface area contributed by atoms with Gasteiger partial charge in [-0.15, -0.1) is 0 Å². The van der Waals surface area contributed by atoms with E-state index in [4.69, 9.17) is 9.47 Å². The van der Waals surface area contributed by atoms with Gasteiger partial charge in [0.2, 0.25) is 0 Å². The number of nitrogens with zero attached hydrogens (tertiary/aromatic N) is 1. The highest BCUT2D eigenvalue weighted by atomic mass is 16.5. The second kappa shape index (κ2) is 5.83. The molecule has 0 aliphatic carbocycles. The number of aromatic nitrogens is 1. The van der Waals surface area contributed by atoms with Crippen molar-refractivity contribution in [3.05, 3.63) is 48.3 Å². The first-order valence-electron chi connectivity index (χ1n) is 6.91. The summed E-state index contributed by atoms with van der Waals surface area (Å²) in [4.78, 5) is 0. The molecule has 1 aromatic heterocycles. The number of fused-ring (bicyclic) bond motifs is 1. The maximum Gasteiger partial charge on any atom is 0.126 e. The van der Waals surface area contributed by atoms with Crippen molar-refractivity contribution in [1.82, 2.24) is 4.57 Å². The Morgan fingerprint density at radius 2 is 2.11 bits per heavy atom. The van der Waals surface area contributed by atoms with Crippen molar-refractivity contribution < 1.29 is 9.47 Å². The highest BCUT2D eigenvalue weighted by molar-refractivity contribution is 5.41. The van der Waals surface area contributed by atoms with Gasteiger partial charge in [-0.25, -0.2) is 0 Å². The van der Waals surface area contributed by atoms with Gasteiger partial charge in [-0.1, -0.05) is 6.07 Å². The van der Waals surface area contributed by atoms with Crippen molar-refractivity contribution in [3.63, 3.8) is 0 Å². The van der Waals surface area contributed by atoms with E-state index >= 15 is 0 Å². The minimum atomic E-state index is 0.733. The lowest BCUT2D eigenvalue weighted by molar-refractivity contribution is 0.277. The van der Waals surface area contributed by atoms with Crippen molar-refractivity contribution in [2.24, 2.45) is 0 Å². The Kier molecular flexibility index (Phi) is 3.73. The molecule has 2 heterocycles. The molecule has 1 aliphatic heterocycles. The van der Waals surface area contributed by atoms with E-state index in [1.165, 1.54) is 5.56 Å². The minimum absolute atomic E-state index is 0.733. The minimum Gasteiger partial charge on any atom is -0.493 e. The van der Waals surface area contributed by atoms with Crippen LogP contribution in [0.4, 0.5) is 0 Å². The first-order valence-corrected chi connectivity index (χ1v) is 6.91. The lowest BCUT2D eigenvalue weighted by Gasteiger charge is -2.18. The SMILES string of the molecule is c1ccn(CCCOc2ccc3c(c2)OCCC3)c1. The van der Waals surface area contributed by atoms with Crippen LogP contribution in [0.1, 0.15) is 18.4 Å². The Balaban J connectivity index is 1.50. The number of hydrogen-bond acceptors (Lipinski definition) is 2. The summed E-state index contributed by atoms with van der Waals surface area (Å²) in [5.74, 6) is 1.90. The number of benzene rings is 1. The van der Waals surface area contributed by atoms with E-state index < -0.39 is 0 Å². The highest BCUT2D eigenvalue weighted by Gasteiger charge is 2.10. The van der Waals surface area contributed by atoms with E-state index in [2.05, 4.69) is 23.0 Å². The van der Waals surface area contributed by atoms with Crippen molar-refractivity contribution in [2.75, 3.05) is 13.2 Å². The lowest BCUT2D eigenvalue weighted by atomic mass is 10.1. The van der Waals surface area contributed by atoms with Crippen LogP contribution in [0.25, 0.3) is 0 Å². The fourth-order valence-electron chi connectivity index (χ4n) is 2.37. The van der Waals surface area contributed by atoms with Gasteiger partial charge in [0.15, 0.2) is 0 Å². The molecule has 0 amide bonds. The molecule has 2 aromatic rings. The molecule has 0 atom stereocenters. The van der Waals surface area contributed by atoms with Gasteiger partial charge in [-0.3, -0.25) is 0 Å². The van der Waals surface area contributed by atoms with Crippen LogP contribution in [0, 0.1) is 0 Å². The van der Waals surface area contributed by atoms with Gasteiger partial charge in [0.1, 0.15) is 11.5 Å². The molecule has 3 nitrogen and oxygen atoms in total. The van der Waals surface area contributed by atoms with Crippen LogP contribution < -0.4 is 9.47 Å². The molecule has 3 heteroatoms. The molecule has 19 heavy (non-hydrogen) atoms. The average Bonchev–Trinajstić information content (AvgIpc) is 2.97. The molecule has 0 saturated heterocycles. The summed E-state index contributed by atoms with van der Waals surface area (Å²) in [6.07, 6.45) is 7.39. The Hall–Kier alpha value is -1.90. The van der Waals surface area contributed by atoms with E-state index in [1.54, 1.807) is 0 Å². The summed E-state index contributed by atoms with van der Waals surface area (Å²) >= 11 is 0. The normalized spacial score (nSPS) is 13.7. The molecule has 0 spiro atoms. The number of ether oxygens (including phenoxy) is 2. The molecule has 0 bridgehead atoms. The second-order valence-corrected chi connectivity index (χ2v) is 4.84. The molecular weight excluding hydrogens is 238 g/mol. The standard InChI is InChI=1S/C16H19NO2/c1-2-9-17(8-1)10-4-12-18-15-7-6-14-5-3-11-19-16(14)13-15/h1-2,6-9,13H,3-5,10-12H2. The van der Waals surface area contributed by atoms with Crippen LogP contribution in [0.15, 0.2) is 42.7 Å². The third kappa shape index (κ3) is 3.11. The van der Waals surface area contributed by atoms with Crippen molar-refractivity contribution in [3.8, 4) is 11.5 Å². The number of aryl methyl sites for hydroxylation is 2. The second-order valence-electron chi connectivity index (χ2n) is 4.84. The number of rotatable bonds is 5. The monoisotopic (exact) mass is 257 g/mol. The Morgan fingerprint density at radius 1 is 1.21 bits per heavy atom. The predicted octanol–water partition coefficient (Wildman–Crippen LogP) is 3.28. The van der Waals surface area contributed by atoms with Crippen LogP contribution in [0.3, 0.4) is 0 Å². The topological polar surface area (TPSA) is 23.4 Å². The van der Waals surface area contributed by atoms with Crippen molar-refractivity contribution >= 4 is 0 Å². The van der Waals surface area contributed by atoms with Gasteiger partial charge in [-0.05, 0) is 43.0 Å². The largest absolute Gasteiger partial charge is 0.493 e. The molecule has 3 rings (SSSR count). The van der Waals surface area contributed by atoms with Crippen LogP contribution in [0.2, 0.25) is 0 Å². The third-order valence-electron chi connectivity index (χ3n) is 3.38. The molecule has 1 aliphatic rings. The summed E-state index contributed by atoms with van der Waals surface area (Å²) < 4.78 is 13.6. The smallest absolute Gasteiger partial charge is 0.126 e. The summed E-state index contributed by atoms with van der Waals surface area (Å²) in [6.45, 7) is 2.55. The fourth-order valence-corrected chi connectivity index (χ4v) is 2.37. The van der Waals surface area contributed by atoms with Crippen LogP contribution in [-0.2, 0) is 13.0 Å². The van der Waals surface area contributed by atoms with Gasteiger partial charge in [0.25, 0.3) is 0 Å². The van der Waals surface area contributed by atoms with Gasteiger partial charge < -0.3 is 14.0 Å². The van der Waals surface area contributed by atoms with Crippen LogP contribution in [0.5, 0.6) is 11.5 Å². The van der Waals surface area contributed by atoms with Crippen LogP contribution in [-0.4, -0.2) is 17.8 Å². The molecular formula is C16H19NO2. The van der Waals surface area contributed by atoms with Crippen molar-refractivity contribution in [1.29, 1.82) is 0 Å². The van der Waals surface area contributed by atoms with Crippen LogP contribution >= 0.6 is 0 Å². The summed E-state index contributed by atoms with van der Waals surface area (Å²) in [5.41, 5.74) is 1.30. The number of hydrogen-bond donors (Lipinski definition) is 0. The Morgan fingerprint density at radius 3 is 3.00 bits per heavy atom. The molecule has 0 radical (unpaired) electrons. The summed E-state index contributed by atoms with van der Waals surface area (Å²) in [5, 5.41) is 0. The van der Waals surface area contributed by atoms with Gasteiger partial charge in [0.05, 0.1) is 13.2 Å². The third-order valence-corrected chi connectivity index (χ3v) is 3.38. The molecule has 0 fully saturated rings. The fraction of sp³-hybridized carbons (Fsp3) is 0.375. The zero-order valence-electron chi connectivity index (χ0n) is 11.0. The van der Waals surface area contributed by atoms with Crippen molar-refractivity contribution in [2.45, 2.75) is 25.8 Å². The van der Waals surface area contributed by atoms with E-state index in [0.29, 0.717) is 0 Å². The Labute approximate surface area is 113 Å². The van der Waals surface area contributed by atoms with Gasteiger partial charge in [-0.2, -0.15) is 0 Å². The average molecular weight is 257 g/mol. The molecule has 0 N–H and O–H groups in total. The lowest BCUT2D eigenvalue weighted by Crippen LogP contribution is -2.08. The zero-order chi connectivity index (χ0) is 12.9. The Bertz CT molecular complexity index is 520. The van der Waals surface area contributed by atoms with E-state index in [-0.39, 0.29) is 0 Å². The summed E-state index contributed by atoms with van der Waals surface area (Å²) in [7, 11) is 0. The van der Waals surface area contributed by atoms with E-state index in [9.17, 15) is 0 Å². The maximum absolute atomic E-state index is 5.78. The predicted molar refractivity (Wildman–Crippen MR) is 74.8 cm³/mol. The summed E-state index contributed by atoms with van der Waals surface area (Å²) in [6, 6.07) is 10.3. The van der Waals surface area contributed by atoms with Gasteiger partial charge >= 0.3 is 0 Å². The first kappa shape index (κ1) is 12.2. The molecule has 100 valence electrons. The molecule has 0 saturated carbocycles. The first-order chi connectivity index (χ1) is 9.42. The van der Waals surface area contributed by atoms with E-state index in [0.717, 1.165) is 50.5 Å². The van der Waals surface area contributed by atoms with E-state index in [1.807, 2.05) is 24.3 Å². The quantitative estimate of drug-likeness (QED) is 0.767. The van der Waals surface area contributed by atoms with Gasteiger partial charge in [0, 0.05) is 25.0 Å². The zero-order valence-corrected chi connectivity index (χ0v) is 11.0. The molecule has 1 aromatic carbocycles. The molecule has 0 unspecified atom stereocenters.